The molecule has 1 aromatic heterocycles. The predicted octanol–water partition coefficient (Wildman–Crippen LogP) is 4.48. The van der Waals surface area contributed by atoms with Crippen LogP contribution >= 0.6 is 0 Å². The average molecular weight is 322 g/mol. The average Bonchev–Trinajstić information content (AvgIpc) is 3.03. The molecule has 4 nitrogen and oxygen atoms in total. The molecule has 0 aliphatic heterocycles. The molecule has 1 N–H and O–H groups in total. The van der Waals surface area contributed by atoms with E-state index in [1.165, 1.54) is 5.56 Å². The molecule has 1 amide bonds. The second-order valence-electron chi connectivity index (χ2n) is 6.41. The normalized spacial score (nSPS) is 12.5. The van der Waals surface area contributed by atoms with Gasteiger partial charge in [-0.1, -0.05) is 51.1 Å². The first-order chi connectivity index (χ1) is 11.5. The number of nitrogens with one attached hydrogen (secondary N) is 1. The fourth-order valence-corrected chi connectivity index (χ4v) is 2.58. The maximum Gasteiger partial charge on any atom is 0.251 e. The first-order valence-electron chi connectivity index (χ1n) is 8.28. The number of oxazole rings is 1. The Morgan fingerprint density at radius 3 is 2.58 bits per heavy atom. The number of carbonyl (C=O) groups excluding carboxylic acids is 1. The molecule has 0 bridgehead atoms. The highest BCUT2D eigenvalue weighted by atomic mass is 16.3. The molecule has 0 saturated carbocycles. The second kappa shape index (κ2) is 6.87. The monoisotopic (exact) mass is 322 g/mol. The zero-order valence-electron chi connectivity index (χ0n) is 14.2. The van der Waals surface area contributed by atoms with Crippen LogP contribution in [0.4, 0.5) is 0 Å². The minimum absolute atomic E-state index is 0.0952. The summed E-state index contributed by atoms with van der Waals surface area (Å²) in [5, 5.41) is 2.99. The van der Waals surface area contributed by atoms with Crippen molar-refractivity contribution in [3.8, 4) is 0 Å². The van der Waals surface area contributed by atoms with Crippen LogP contribution in [0.2, 0.25) is 0 Å². The number of fused-ring (bicyclic) bond motifs is 1. The Bertz CT molecular complexity index is 837. The van der Waals surface area contributed by atoms with Gasteiger partial charge in [0.1, 0.15) is 5.52 Å². The van der Waals surface area contributed by atoms with Crippen LogP contribution in [0.15, 0.2) is 52.9 Å². The highest BCUT2D eigenvalue weighted by Crippen LogP contribution is 2.22. The number of hydrogen-bond acceptors (Lipinski definition) is 3. The first kappa shape index (κ1) is 16.2. The maximum atomic E-state index is 12.4. The Morgan fingerprint density at radius 1 is 1.12 bits per heavy atom. The molecule has 4 heteroatoms. The van der Waals surface area contributed by atoms with Crippen LogP contribution in [0.5, 0.6) is 0 Å². The van der Waals surface area contributed by atoms with E-state index in [-0.39, 0.29) is 17.7 Å². The van der Waals surface area contributed by atoms with Gasteiger partial charge in [0, 0.05) is 18.0 Å². The summed E-state index contributed by atoms with van der Waals surface area (Å²) in [6.45, 7) is 6.76. The lowest BCUT2D eigenvalue weighted by molar-refractivity contribution is 0.0951. The van der Waals surface area contributed by atoms with Crippen molar-refractivity contribution in [1.29, 1.82) is 0 Å². The maximum absolute atomic E-state index is 12.4. The van der Waals surface area contributed by atoms with E-state index in [9.17, 15) is 4.79 Å². The highest BCUT2D eigenvalue weighted by molar-refractivity contribution is 5.97. The van der Waals surface area contributed by atoms with E-state index >= 15 is 0 Å². The van der Waals surface area contributed by atoms with E-state index in [2.05, 4.69) is 29.4 Å². The first-order valence-corrected chi connectivity index (χ1v) is 8.28. The number of benzene rings is 2. The van der Waals surface area contributed by atoms with E-state index < -0.39 is 0 Å². The van der Waals surface area contributed by atoms with Crippen molar-refractivity contribution in [1.82, 2.24) is 10.3 Å². The van der Waals surface area contributed by atoms with Crippen LogP contribution in [0.25, 0.3) is 11.1 Å². The van der Waals surface area contributed by atoms with Gasteiger partial charge in [-0.05, 0) is 29.7 Å². The predicted molar refractivity (Wildman–Crippen MR) is 95.3 cm³/mol. The Labute approximate surface area is 141 Å². The standard InChI is InChI=1S/C20H22N2O2/c1-13(2)20-22-17-10-9-16(11-18(17)24-20)19(23)21-12-14(3)15-7-5-4-6-8-15/h4-11,13-14H,12H2,1-3H3,(H,21,23)/t14-/m1/s1. The zero-order valence-corrected chi connectivity index (χ0v) is 14.2. The lowest BCUT2D eigenvalue weighted by Gasteiger charge is -2.13. The van der Waals surface area contributed by atoms with Crippen LogP contribution in [0.3, 0.4) is 0 Å². The summed E-state index contributed by atoms with van der Waals surface area (Å²) in [4.78, 5) is 16.8. The molecule has 3 rings (SSSR count). The Balaban J connectivity index is 1.69. The van der Waals surface area contributed by atoms with Gasteiger partial charge in [-0.25, -0.2) is 4.98 Å². The molecule has 0 saturated heterocycles. The van der Waals surface area contributed by atoms with Crippen molar-refractivity contribution in [2.45, 2.75) is 32.6 Å². The third kappa shape index (κ3) is 3.48. The number of carbonyl (C=O) groups is 1. The van der Waals surface area contributed by atoms with Gasteiger partial charge in [-0.3, -0.25) is 4.79 Å². The second-order valence-corrected chi connectivity index (χ2v) is 6.41. The zero-order chi connectivity index (χ0) is 17.1. The van der Waals surface area contributed by atoms with Gasteiger partial charge in [0.2, 0.25) is 0 Å². The fourth-order valence-electron chi connectivity index (χ4n) is 2.58. The summed E-state index contributed by atoms with van der Waals surface area (Å²) in [6, 6.07) is 15.5. The number of aromatic nitrogens is 1. The largest absolute Gasteiger partial charge is 0.440 e. The Kier molecular flexibility index (Phi) is 4.65. The fraction of sp³-hybridized carbons (Fsp3) is 0.300. The van der Waals surface area contributed by atoms with E-state index in [1.54, 1.807) is 12.1 Å². The summed E-state index contributed by atoms with van der Waals surface area (Å²) in [5.74, 6) is 1.08. The molecule has 0 unspecified atom stereocenters. The molecule has 0 aliphatic carbocycles. The van der Waals surface area contributed by atoms with Crippen molar-refractivity contribution in [3.63, 3.8) is 0 Å². The van der Waals surface area contributed by atoms with Gasteiger partial charge < -0.3 is 9.73 Å². The Morgan fingerprint density at radius 2 is 1.88 bits per heavy atom. The molecular weight excluding hydrogens is 300 g/mol. The quantitative estimate of drug-likeness (QED) is 0.753. The van der Waals surface area contributed by atoms with Crippen LogP contribution in [0, 0.1) is 0 Å². The van der Waals surface area contributed by atoms with Crippen molar-refractivity contribution in [2.75, 3.05) is 6.54 Å². The third-order valence-electron chi connectivity index (χ3n) is 4.10. The lowest BCUT2D eigenvalue weighted by atomic mass is 10.0. The summed E-state index contributed by atoms with van der Waals surface area (Å²) in [5.41, 5.74) is 3.25. The van der Waals surface area contributed by atoms with Gasteiger partial charge in [0.15, 0.2) is 11.5 Å². The van der Waals surface area contributed by atoms with Gasteiger partial charge in [0.05, 0.1) is 0 Å². The van der Waals surface area contributed by atoms with E-state index in [1.807, 2.05) is 38.1 Å². The molecule has 3 aromatic rings. The van der Waals surface area contributed by atoms with Gasteiger partial charge in [-0.2, -0.15) is 0 Å². The molecule has 1 atom stereocenters. The van der Waals surface area contributed by atoms with Gasteiger partial charge in [0.25, 0.3) is 5.91 Å². The van der Waals surface area contributed by atoms with Crippen LogP contribution < -0.4 is 5.32 Å². The molecule has 1 heterocycles. The topological polar surface area (TPSA) is 55.1 Å². The lowest BCUT2D eigenvalue weighted by Crippen LogP contribution is -2.27. The van der Waals surface area contributed by atoms with E-state index in [0.29, 0.717) is 23.6 Å². The molecule has 0 spiro atoms. The van der Waals surface area contributed by atoms with E-state index in [0.717, 1.165) is 5.52 Å². The van der Waals surface area contributed by atoms with Crippen LogP contribution in [-0.2, 0) is 0 Å². The van der Waals surface area contributed by atoms with Crippen molar-refractivity contribution < 1.29 is 9.21 Å². The summed E-state index contributed by atoms with van der Waals surface area (Å²) >= 11 is 0. The van der Waals surface area contributed by atoms with Crippen molar-refractivity contribution >= 4 is 17.0 Å². The summed E-state index contributed by atoms with van der Waals surface area (Å²) < 4.78 is 5.72. The van der Waals surface area contributed by atoms with Crippen molar-refractivity contribution in [2.24, 2.45) is 0 Å². The third-order valence-corrected chi connectivity index (χ3v) is 4.10. The van der Waals surface area contributed by atoms with Crippen LogP contribution in [-0.4, -0.2) is 17.4 Å². The number of nitrogens with zero attached hydrogens (tertiary/aromatic N) is 1. The van der Waals surface area contributed by atoms with E-state index in [4.69, 9.17) is 4.42 Å². The molecule has 124 valence electrons. The molecule has 0 fully saturated rings. The summed E-state index contributed by atoms with van der Waals surface area (Å²) in [6.07, 6.45) is 0. The minimum atomic E-state index is -0.0952. The number of amides is 1. The number of rotatable bonds is 5. The number of hydrogen-bond donors (Lipinski definition) is 1. The SMILES string of the molecule is CC(C)c1nc2ccc(C(=O)NC[C@@H](C)c3ccccc3)cc2o1. The molecule has 24 heavy (non-hydrogen) atoms. The highest BCUT2D eigenvalue weighted by Gasteiger charge is 2.13. The van der Waals surface area contributed by atoms with Crippen molar-refractivity contribution in [3.05, 3.63) is 65.5 Å². The molecule has 0 radical (unpaired) electrons. The smallest absolute Gasteiger partial charge is 0.251 e. The summed E-state index contributed by atoms with van der Waals surface area (Å²) in [7, 11) is 0. The Hall–Kier alpha value is -2.62. The minimum Gasteiger partial charge on any atom is -0.440 e. The molecular formula is C20H22N2O2. The van der Waals surface area contributed by atoms with Crippen LogP contribution in [0.1, 0.15) is 54.4 Å². The molecule has 0 aliphatic rings. The molecule has 2 aromatic carbocycles. The van der Waals surface area contributed by atoms with Gasteiger partial charge >= 0.3 is 0 Å². The van der Waals surface area contributed by atoms with Gasteiger partial charge in [-0.15, -0.1) is 0 Å².